The van der Waals surface area contributed by atoms with Crippen LogP contribution < -0.4 is 40.2 Å². The molecule has 0 radical (unpaired) electrons. The van der Waals surface area contributed by atoms with Crippen LogP contribution in [0.2, 0.25) is 0 Å². The Hall–Kier alpha value is -0.390. The topological polar surface area (TPSA) is 75.3 Å². The van der Waals surface area contributed by atoms with E-state index in [0.717, 1.165) is 0 Å². The van der Waals surface area contributed by atoms with Gasteiger partial charge in [-0.05, 0) is 23.7 Å². The van der Waals surface area contributed by atoms with Gasteiger partial charge in [-0.3, -0.25) is 20.2 Å². The van der Waals surface area contributed by atoms with E-state index < -0.39 is 23.3 Å². The molecule has 2 aliphatic rings. The summed E-state index contributed by atoms with van der Waals surface area (Å²) < 4.78 is 0. The van der Waals surface area contributed by atoms with Gasteiger partial charge in [-0.15, -0.1) is 0 Å². The van der Waals surface area contributed by atoms with E-state index in [1.807, 2.05) is 13.8 Å². The zero-order valence-electron chi connectivity index (χ0n) is 11.5. The molecular weight excluding hydrogens is 243 g/mol. The molecule has 4 unspecified atom stereocenters. The van der Waals surface area contributed by atoms with Gasteiger partial charge in [0.25, 0.3) is 0 Å². The summed E-state index contributed by atoms with van der Waals surface area (Å²) in [6.45, 7) is 7.94. The van der Waals surface area contributed by atoms with Crippen LogP contribution in [0.1, 0.15) is 27.7 Å². The summed E-state index contributed by atoms with van der Waals surface area (Å²) in [6, 6.07) is -0.711. The van der Waals surface area contributed by atoms with Crippen molar-refractivity contribution < 1.29 is 43.9 Å². The second kappa shape index (κ2) is 4.94. The Morgan fingerprint density at radius 2 is 1.17 bits per heavy atom. The minimum Gasteiger partial charge on any atom is -0.277 e. The van der Waals surface area contributed by atoms with Gasteiger partial charge in [-0.1, -0.05) is 27.7 Å². The van der Waals surface area contributed by atoms with Crippen molar-refractivity contribution in [1.29, 1.82) is 0 Å². The molecule has 1 heterocycles. The molecule has 0 aromatic carbocycles. The van der Waals surface area contributed by atoms with Gasteiger partial charge in [0, 0.05) is 0 Å². The maximum absolute atomic E-state index is 12.2. The van der Waals surface area contributed by atoms with E-state index in [2.05, 4.69) is 24.5 Å². The molecular formula is C12H18N2NaO3+. The van der Waals surface area contributed by atoms with E-state index in [1.54, 1.807) is 0 Å². The number of hydrogen-bond acceptors (Lipinski definition) is 3. The molecule has 1 saturated carbocycles. The predicted molar refractivity (Wildman–Crippen MR) is 60.8 cm³/mol. The Morgan fingerprint density at radius 3 is 1.50 bits per heavy atom. The average molecular weight is 261 g/mol. The van der Waals surface area contributed by atoms with Gasteiger partial charge in [-0.2, -0.15) is 0 Å². The molecule has 2 fully saturated rings. The Labute approximate surface area is 129 Å². The van der Waals surface area contributed by atoms with E-state index in [1.165, 1.54) is 0 Å². The Kier molecular flexibility index (Phi) is 4.30. The first kappa shape index (κ1) is 15.7. The standard InChI is InChI=1S/C12H18N2O3.Na/c1-5-6(2)8(4)12(7(5)3)9(15)13-11(17)14-10(12)16;/h5-8H,1-4H3,(H2,13,14,15,16,17);/q;+1. The normalized spacial score (nSPS) is 38.1. The van der Waals surface area contributed by atoms with E-state index in [0.29, 0.717) is 0 Å². The van der Waals surface area contributed by atoms with Crippen molar-refractivity contribution in [1.82, 2.24) is 10.6 Å². The number of hydrogen-bond donors (Lipinski definition) is 2. The average Bonchev–Trinajstić information content (AvgIpc) is 2.40. The Bertz CT molecular complexity index is 374. The smallest absolute Gasteiger partial charge is 0.277 e. The first-order valence-corrected chi connectivity index (χ1v) is 6.00. The first-order chi connectivity index (χ1) is 7.83. The summed E-state index contributed by atoms with van der Waals surface area (Å²) in [5, 5.41) is 4.47. The van der Waals surface area contributed by atoms with Crippen LogP contribution in [0.4, 0.5) is 4.79 Å². The molecule has 0 bridgehead atoms. The Balaban J connectivity index is 0.00000162. The molecule has 1 aliphatic heterocycles. The van der Waals surface area contributed by atoms with Crippen LogP contribution in [0.25, 0.3) is 0 Å². The van der Waals surface area contributed by atoms with Gasteiger partial charge in [0.05, 0.1) is 0 Å². The number of rotatable bonds is 0. The molecule has 18 heavy (non-hydrogen) atoms. The zero-order chi connectivity index (χ0) is 13.0. The second-order valence-electron chi connectivity index (χ2n) is 5.40. The van der Waals surface area contributed by atoms with E-state index >= 15 is 0 Å². The summed E-state index contributed by atoms with van der Waals surface area (Å²) in [5.74, 6) is -0.476. The second-order valence-corrected chi connectivity index (χ2v) is 5.40. The molecule has 6 heteroatoms. The SMILES string of the molecule is CC1C(C)C(C)C2(C(=O)NC(=O)NC2=O)C1C.[Na+]. The summed E-state index contributed by atoms with van der Waals surface area (Å²) >= 11 is 0. The number of carbonyl (C=O) groups is 3. The molecule has 1 aliphatic carbocycles. The summed E-state index contributed by atoms with van der Waals surface area (Å²) in [7, 11) is 0. The van der Waals surface area contributed by atoms with Crippen molar-refractivity contribution in [2.24, 2.45) is 29.1 Å². The van der Waals surface area contributed by atoms with Crippen molar-refractivity contribution in [2.45, 2.75) is 27.7 Å². The number of imide groups is 2. The predicted octanol–water partition coefficient (Wildman–Crippen LogP) is -2.10. The van der Waals surface area contributed by atoms with Crippen molar-refractivity contribution in [3.05, 3.63) is 0 Å². The third-order valence-corrected chi connectivity index (χ3v) is 5.05. The van der Waals surface area contributed by atoms with Crippen LogP contribution >= 0.6 is 0 Å². The third-order valence-electron chi connectivity index (χ3n) is 5.05. The van der Waals surface area contributed by atoms with Crippen LogP contribution in [-0.4, -0.2) is 17.8 Å². The van der Waals surface area contributed by atoms with Gasteiger partial charge in [0.2, 0.25) is 11.8 Å². The summed E-state index contributed by atoms with van der Waals surface area (Å²) in [4.78, 5) is 35.5. The van der Waals surface area contributed by atoms with E-state index in [9.17, 15) is 14.4 Å². The molecule has 94 valence electrons. The minimum atomic E-state index is -1.09. The van der Waals surface area contributed by atoms with Gasteiger partial charge in [-0.25, -0.2) is 4.79 Å². The zero-order valence-corrected chi connectivity index (χ0v) is 13.5. The van der Waals surface area contributed by atoms with Crippen LogP contribution in [0.15, 0.2) is 0 Å². The summed E-state index contributed by atoms with van der Waals surface area (Å²) in [5.41, 5.74) is -1.09. The number of carbonyl (C=O) groups excluding carboxylic acids is 3. The summed E-state index contributed by atoms with van der Waals surface area (Å²) in [6.07, 6.45) is 0. The molecule has 1 saturated heterocycles. The fourth-order valence-corrected chi connectivity index (χ4v) is 3.53. The molecule has 2 N–H and O–H groups in total. The van der Waals surface area contributed by atoms with Crippen LogP contribution in [0.3, 0.4) is 0 Å². The quantitative estimate of drug-likeness (QED) is 0.387. The van der Waals surface area contributed by atoms with Crippen molar-refractivity contribution in [3.8, 4) is 0 Å². The Morgan fingerprint density at radius 1 is 0.833 bits per heavy atom. The van der Waals surface area contributed by atoms with Crippen LogP contribution in [0.5, 0.6) is 0 Å². The first-order valence-electron chi connectivity index (χ1n) is 6.00. The van der Waals surface area contributed by atoms with Crippen molar-refractivity contribution in [3.63, 3.8) is 0 Å². The molecule has 2 rings (SSSR count). The largest absolute Gasteiger partial charge is 1.00 e. The minimum absolute atomic E-state index is 0. The third kappa shape index (κ3) is 1.75. The number of amides is 4. The fourth-order valence-electron chi connectivity index (χ4n) is 3.53. The van der Waals surface area contributed by atoms with E-state index in [4.69, 9.17) is 0 Å². The number of urea groups is 1. The van der Waals surface area contributed by atoms with E-state index in [-0.39, 0.29) is 53.2 Å². The molecule has 0 aromatic heterocycles. The molecule has 1 spiro atoms. The monoisotopic (exact) mass is 261 g/mol. The van der Waals surface area contributed by atoms with Gasteiger partial charge in [0.1, 0.15) is 5.41 Å². The molecule has 4 amide bonds. The molecule has 4 atom stereocenters. The molecule has 0 aromatic rings. The molecule has 5 nitrogen and oxygen atoms in total. The number of barbiturate groups is 1. The van der Waals surface area contributed by atoms with Gasteiger partial charge in [0.15, 0.2) is 0 Å². The maximum atomic E-state index is 12.2. The van der Waals surface area contributed by atoms with Gasteiger partial charge < -0.3 is 0 Å². The maximum Gasteiger partial charge on any atom is 1.00 e. The van der Waals surface area contributed by atoms with Crippen LogP contribution in [-0.2, 0) is 9.59 Å². The van der Waals surface area contributed by atoms with Crippen molar-refractivity contribution in [2.75, 3.05) is 0 Å². The number of nitrogens with one attached hydrogen (secondary N) is 2. The van der Waals surface area contributed by atoms with Gasteiger partial charge >= 0.3 is 35.6 Å². The fraction of sp³-hybridized carbons (Fsp3) is 0.750. The van der Waals surface area contributed by atoms with Crippen molar-refractivity contribution >= 4 is 17.8 Å². The van der Waals surface area contributed by atoms with Crippen LogP contribution in [0, 0.1) is 29.1 Å².